The van der Waals surface area contributed by atoms with E-state index < -0.39 is 0 Å². The molecule has 0 spiro atoms. The van der Waals surface area contributed by atoms with E-state index in [0.29, 0.717) is 11.8 Å². The number of hydrogen-bond donors (Lipinski definition) is 2. The van der Waals surface area contributed by atoms with E-state index >= 15 is 0 Å². The maximum atomic E-state index is 6.14. The summed E-state index contributed by atoms with van der Waals surface area (Å²) in [4.78, 5) is 0. The van der Waals surface area contributed by atoms with Crippen molar-refractivity contribution in [3.63, 3.8) is 0 Å². The SMILES string of the molecule is CCCCCCC1CCC(c2ccc(C(CCC)c3ccc(N)cc3C)cc2)(c2ccc(C(CCC)c3ccc(N)cc3C)cc2)CC1. The summed E-state index contributed by atoms with van der Waals surface area (Å²) in [7, 11) is 0. The van der Waals surface area contributed by atoms with Gasteiger partial charge in [-0.15, -0.1) is 0 Å². The molecule has 2 nitrogen and oxygen atoms in total. The van der Waals surface area contributed by atoms with Crippen molar-refractivity contribution >= 4 is 11.4 Å². The fraction of sp³-hybridized carbons (Fsp3) is 0.478. The van der Waals surface area contributed by atoms with Crippen LogP contribution in [0.25, 0.3) is 0 Å². The zero-order valence-corrected chi connectivity index (χ0v) is 30.7. The van der Waals surface area contributed by atoms with Crippen LogP contribution in [-0.4, -0.2) is 0 Å². The molecule has 256 valence electrons. The maximum Gasteiger partial charge on any atom is 0.0316 e. The molecule has 0 amide bonds. The fourth-order valence-electron chi connectivity index (χ4n) is 8.89. The Hall–Kier alpha value is -3.52. The van der Waals surface area contributed by atoms with E-state index in [1.54, 1.807) is 0 Å². The van der Waals surface area contributed by atoms with Crippen LogP contribution < -0.4 is 11.5 Å². The second-order valence-electron chi connectivity index (χ2n) is 15.0. The van der Waals surface area contributed by atoms with E-state index in [4.69, 9.17) is 11.5 Å². The van der Waals surface area contributed by atoms with Gasteiger partial charge < -0.3 is 11.5 Å². The number of hydrogen-bond acceptors (Lipinski definition) is 2. The molecule has 0 saturated heterocycles. The molecule has 4 aromatic carbocycles. The number of nitrogen functional groups attached to an aromatic ring is 2. The summed E-state index contributed by atoms with van der Waals surface area (Å²) in [5.41, 5.74) is 25.3. The predicted octanol–water partition coefficient (Wildman–Crippen LogP) is 12.8. The highest BCUT2D eigenvalue weighted by atomic mass is 14.5. The third kappa shape index (κ3) is 8.19. The van der Waals surface area contributed by atoms with Crippen LogP contribution in [0.4, 0.5) is 11.4 Å². The Morgan fingerprint density at radius 1 is 0.583 bits per heavy atom. The molecule has 2 heteroatoms. The number of nitrogens with two attached hydrogens (primary N) is 2. The van der Waals surface area contributed by atoms with Crippen LogP contribution in [0.15, 0.2) is 84.9 Å². The average Bonchev–Trinajstić information content (AvgIpc) is 3.09. The lowest BCUT2D eigenvalue weighted by molar-refractivity contribution is 0.250. The fourth-order valence-corrected chi connectivity index (χ4v) is 8.89. The molecular formula is C46H62N2. The van der Waals surface area contributed by atoms with Gasteiger partial charge >= 0.3 is 0 Å². The molecule has 0 radical (unpaired) electrons. The summed E-state index contributed by atoms with van der Waals surface area (Å²) < 4.78 is 0. The Kier molecular flexibility index (Phi) is 12.5. The third-order valence-corrected chi connectivity index (χ3v) is 11.6. The van der Waals surface area contributed by atoms with Gasteiger partial charge in [0, 0.05) is 28.6 Å². The zero-order valence-electron chi connectivity index (χ0n) is 30.7. The molecule has 0 bridgehead atoms. The minimum atomic E-state index is 0.0612. The minimum Gasteiger partial charge on any atom is -0.399 e. The average molecular weight is 643 g/mol. The van der Waals surface area contributed by atoms with Crippen molar-refractivity contribution < 1.29 is 0 Å². The second kappa shape index (κ2) is 16.7. The van der Waals surface area contributed by atoms with E-state index in [0.717, 1.165) is 43.0 Å². The van der Waals surface area contributed by atoms with Gasteiger partial charge in [0.2, 0.25) is 0 Å². The quantitative estimate of drug-likeness (QED) is 0.100. The number of aryl methyl sites for hydroxylation is 2. The summed E-state index contributed by atoms with van der Waals surface area (Å²) >= 11 is 0. The molecule has 0 aromatic heterocycles. The Morgan fingerprint density at radius 3 is 1.44 bits per heavy atom. The summed E-state index contributed by atoms with van der Waals surface area (Å²) in [6, 6.07) is 32.6. The third-order valence-electron chi connectivity index (χ3n) is 11.6. The standard InChI is InChI=1S/C46H62N2/c1-6-9-10-11-14-35-27-29-46(30-28-35,38-19-15-36(16-20-38)44(12-7-2)42-25-23-40(47)31-33(42)4)39-21-17-37(18-22-39)45(13-8-3)43-26-24-41(48)32-34(43)5/h15-26,31-32,35,44-45H,6-14,27-30,47-48H2,1-5H3. The zero-order chi connectivity index (χ0) is 34.1. The molecule has 4 N–H and O–H groups in total. The molecule has 1 aliphatic rings. The molecule has 0 aliphatic heterocycles. The van der Waals surface area contributed by atoms with Crippen LogP contribution in [-0.2, 0) is 5.41 Å². The Bertz CT molecular complexity index is 1470. The van der Waals surface area contributed by atoms with E-state index in [2.05, 4.69) is 120 Å². The number of anilines is 2. The lowest BCUT2D eigenvalue weighted by atomic mass is 9.62. The Balaban J connectivity index is 1.47. The molecule has 1 fully saturated rings. The summed E-state index contributed by atoms with van der Waals surface area (Å²) in [5, 5.41) is 0. The van der Waals surface area contributed by atoms with Crippen molar-refractivity contribution in [3.8, 4) is 0 Å². The van der Waals surface area contributed by atoms with Crippen LogP contribution in [0, 0.1) is 19.8 Å². The first-order valence-corrected chi connectivity index (χ1v) is 19.2. The smallest absolute Gasteiger partial charge is 0.0316 e. The van der Waals surface area contributed by atoms with Crippen LogP contribution >= 0.6 is 0 Å². The van der Waals surface area contributed by atoms with Crippen LogP contribution in [0.5, 0.6) is 0 Å². The van der Waals surface area contributed by atoms with Gasteiger partial charge in [-0.05, 0) is 127 Å². The van der Waals surface area contributed by atoms with Gasteiger partial charge in [0.15, 0.2) is 0 Å². The van der Waals surface area contributed by atoms with Gasteiger partial charge in [-0.3, -0.25) is 0 Å². The van der Waals surface area contributed by atoms with Crippen LogP contribution in [0.1, 0.15) is 161 Å². The van der Waals surface area contributed by atoms with E-state index in [-0.39, 0.29) is 5.41 Å². The van der Waals surface area contributed by atoms with Gasteiger partial charge in [-0.25, -0.2) is 0 Å². The van der Waals surface area contributed by atoms with Gasteiger partial charge in [-0.1, -0.05) is 126 Å². The summed E-state index contributed by atoms with van der Waals surface area (Å²) in [5.74, 6) is 1.65. The van der Waals surface area contributed by atoms with Crippen molar-refractivity contribution in [2.45, 2.75) is 135 Å². The van der Waals surface area contributed by atoms with Crippen molar-refractivity contribution in [3.05, 3.63) is 129 Å². The van der Waals surface area contributed by atoms with Gasteiger partial charge in [0.1, 0.15) is 0 Å². The normalized spacial score (nSPS) is 19.2. The molecule has 5 rings (SSSR count). The largest absolute Gasteiger partial charge is 0.399 e. The van der Waals surface area contributed by atoms with Crippen LogP contribution in [0.2, 0.25) is 0 Å². The monoisotopic (exact) mass is 642 g/mol. The van der Waals surface area contributed by atoms with Crippen molar-refractivity contribution in [1.29, 1.82) is 0 Å². The highest BCUT2D eigenvalue weighted by Gasteiger charge is 2.38. The second-order valence-corrected chi connectivity index (χ2v) is 15.0. The van der Waals surface area contributed by atoms with Crippen LogP contribution in [0.3, 0.4) is 0 Å². The lowest BCUT2D eigenvalue weighted by Crippen LogP contribution is -2.33. The maximum absolute atomic E-state index is 6.14. The van der Waals surface area contributed by atoms with E-state index in [9.17, 15) is 0 Å². The van der Waals surface area contributed by atoms with Gasteiger partial charge in [0.25, 0.3) is 0 Å². The van der Waals surface area contributed by atoms with E-state index in [1.165, 1.54) is 102 Å². The molecule has 2 atom stereocenters. The highest BCUT2D eigenvalue weighted by molar-refractivity contribution is 5.51. The van der Waals surface area contributed by atoms with Crippen molar-refractivity contribution in [1.82, 2.24) is 0 Å². The lowest BCUT2D eigenvalue weighted by Gasteiger charge is -2.42. The Morgan fingerprint density at radius 2 is 1.04 bits per heavy atom. The first-order chi connectivity index (χ1) is 23.3. The molecule has 0 heterocycles. The van der Waals surface area contributed by atoms with Crippen molar-refractivity contribution in [2.75, 3.05) is 11.5 Å². The van der Waals surface area contributed by atoms with Crippen molar-refractivity contribution in [2.24, 2.45) is 5.92 Å². The first kappa shape index (κ1) is 35.8. The molecule has 4 aromatic rings. The molecule has 2 unspecified atom stereocenters. The van der Waals surface area contributed by atoms with Gasteiger partial charge in [0.05, 0.1) is 0 Å². The summed E-state index contributed by atoms with van der Waals surface area (Å²) in [6.07, 6.45) is 16.6. The minimum absolute atomic E-state index is 0.0612. The molecular weight excluding hydrogens is 581 g/mol. The first-order valence-electron chi connectivity index (χ1n) is 19.2. The summed E-state index contributed by atoms with van der Waals surface area (Å²) in [6.45, 7) is 11.3. The predicted molar refractivity (Wildman–Crippen MR) is 209 cm³/mol. The molecule has 1 saturated carbocycles. The van der Waals surface area contributed by atoms with Gasteiger partial charge in [-0.2, -0.15) is 0 Å². The van der Waals surface area contributed by atoms with E-state index in [1.807, 2.05) is 0 Å². The topological polar surface area (TPSA) is 52.0 Å². The number of rotatable bonds is 15. The highest BCUT2D eigenvalue weighted by Crippen LogP contribution is 2.48. The molecule has 1 aliphatic carbocycles. The number of benzene rings is 4. The Labute approximate surface area is 292 Å². The molecule has 48 heavy (non-hydrogen) atoms. The number of unbranched alkanes of at least 4 members (excludes halogenated alkanes) is 3.